The van der Waals surface area contributed by atoms with Crippen molar-refractivity contribution < 1.29 is 13.9 Å². The van der Waals surface area contributed by atoms with Gasteiger partial charge in [-0.05, 0) is 31.5 Å². The third-order valence-electron chi connectivity index (χ3n) is 3.36. The lowest BCUT2D eigenvalue weighted by atomic mass is 10.0. The number of rotatable bonds is 7. The zero-order chi connectivity index (χ0) is 14.4. The summed E-state index contributed by atoms with van der Waals surface area (Å²) in [7, 11) is 0. The maximum absolute atomic E-state index is 13.9. The molecule has 1 aromatic carbocycles. The zero-order valence-electron chi connectivity index (χ0n) is 11.7. The fraction of sp³-hybridized carbons (Fsp3) is 0.600. The van der Waals surface area contributed by atoms with Gasteiger partial charge in [-0.1, -0.05) is 24.6 Å². The van der Waals surface area contributed by atoms with Crippen molar-refractivity contribution in [1.82, 2.24) is 5.32 Å². The van der Waals surface area contributed by atoms with Gasteiger partial charge in [0.25, 0.3) is 0 Å². The van der Waals surface area contributed by atoms with Crippen molar-refractivity contribution in [3.8, 4) is 0 Å². The SMILES string of the molecule is CCCNC(Cc1c(F)cccc1Cl)CC1OCCO1. The molecule has 1 saturated heterocycles. The topological polar surface area (TPSA) is 30.5 Å². The number of halogens is 2. The first kappa shape index (κ1) is 15.7. The largest absolute Gasteiger partial charge is 0.350 e. The minimum absolute atomic E-state index is 0.0902. The van der Waals surface area contributed by atoms with Crippen LogP contribution in [0.15, 0.2) is 18.2 Å². The molecule has 1 aromatic rings. The summed E-state index contributed by atoms with van der Waals surface area (Å²) in [5, 5.41) is 3.89. The van der Waals surface area contributed by atoms with E-state index >= 15 is 0 Å². The minimum atomic E-state index is -0.256. The summed E-state index contributed by atoms with van der Waals surface area (Å²) in [6, 6.07) is 4.88. The summed E-state index contributed by atoms with van der Waals surface area (Å²) < 4.78 is 24.8. The van der Waals surface area contributed by atoms with E-state index in [-0.39, 0.29) is 18.1 Å². The van der Waals surface area contributed by atoms with Crippen LogP contribution in [0.5, 0.6) is 0 Å². The van der Waals surface area contributed by atoms with E-state index in [0.29, 0.717) is 36.6 Å². The van der Waals surface area contributed by atoms with Crippen molar-refractivity contribution >= 4 is 11.6 Å². The van der Waals surface area contributed by atoms with E-state index in [2.05, 4.69) is 12.2 Å². The highest BCUT2D eigenvalue weighted by Gasteiger charge is 2.23. The molecule has 1 fully saturated rings. The van der Waals surface area contributed by atoms with E-state index in [1.807, 2.05) is 0 Å². The number of hydrogen-bond donors (Lipinski definition) is 1. The smallest absolute Gasteiger partial charge is 0.159 e. The Morgan fingerprint density at radius 3 is 2.80 bits per heavy atom. The van der Waals surface area contributed by atoms with E-state index in [1.54, 1.807) is 12.1 Å². The molecule has 1 heterocycles. The van der Waals surface area contributed by atoms with Crippen LogP contribution < -0.4 is 5.32 Å². The van der Waals surface area contributed by atoms with Gasteiger partial charge in [-0.3, -0.25) is 0 Å². The second-order valence-electron chi connectivity index (χ2n) is 4.96. The summed E-state index contributed by atoms with van der Waals surface area (Å²) in [6.45, 7) is 4.24. The summed E-state index contributed by atoms with van der Waals surface area (Å²) in [5.41, 5.74) is 0.556. The van der Waals surface area contributed by atoms with Crippen LogP contribution in [0.25, 0.3) is 0 Å². The molecule has 0 spiro atoms. The van der Waals surface area contributed by atoms with Gasteiger partial charge in [0, 0.05) is 23.0 Å². The highest BCUT2D eigenvalue weighted by Crippen LogP contribution is 2.22. The van der Waals surface area contributed by atoms with Gasteiger partial charge in [0.15, 0.2) is 6.29 Å². The molecule has 112 valence electrons. The third kappa shape index (κ3) is 4.42. The Morgan fingerprint density at radius 2 is 2.15 bits per heavy atom. The Morgan fingerprint density at radius 1 is 1.40 bits per heavy atom. The van der Waals surface area contributed by atoms with Crippen LogP contribution >= 0.6 is 11.6 Å². The summed E-state index contributed by atoms with van der Waals surface area (Å²) in [6.07, 6.45) is 2.06. The number of ether oxygens (including phenoxy) is 2. The van der Waals surface area contributed by atoms with Gasteiger partial charge in [0.1, 0.15) is 5.82 Å². The van der Waals surface area contributed by atoms with E-state index in [1.165, 1.54) is 6.07 Å². The Labute approximate surface area is 124 Å². The highest BCUT2D eigenvalue weighted by molar-refractivity contribution is 6.31. The van der Waals surface area contributed by atoms with Crippen LogP contribution in [0.1, 0.15) is 25.3 Å². The van der Waals surface area contributed by atoms with Crippen LogP contribution in [0.3, 0.4) is 0 Å². The summed E-state index contributed by atoms with van der Waals surface area (Å²) in [5.74, 6) is -0.256. The first-order valence-electron chi connectivity index (χ1n) is 7.10. The molecule has 0 aromatic heterocycles. The van der Waals surface area contributed by atoms with Crippen molar-refractivity contribution in [2.45, 2.75) is 38.5 Å². The Hall–Kier alpha value is -0.680. The van der Waals surface area contributed by atoms with E-state index < -0.39 is 0 Å². The number of nitrogens with one attached hydrogen (secondary N) is 1. The molecule has 2 rings (SSSR count). The molecule has 5 heteroatoms. The minimum Gasteiger partial charge on any atom is -0.350 e. The average Bonchev–Trinajstić information content (AvgIpc) is 2.93. The van der Waals surface area contributed by atoms with E-state index in [4.69, 9.17) is 21.1 Å². The molecule has 1 aliphatic heterocycles. The maximum atomic E-state index is 13.9. The lowest BCUT2D eigenvalue weighted by molar-refractivity contribution is -0.0526. The average molecular weight is 302 g/mol. The predicted molar refractivity (Wildman–Crippen MR) is 77.5 cm³/mol. The molecule has 0 saturated carbocycles. The van der Waals surface area contributed by atoms with Crippen LogP contribution in [0.4, 0.5) is 4.39 Å². The van der Waals surface area contributed by atoms with Crippen molar-refractivity contribution in [2.75, 3.05) is 19.8 Å². The van der Waals surface area contributed by atoms with E-state index in [0.717, 1.165) is 13.0 Å². The van der Waals surface area contributed by atoms with Crippen LogP contribution in [0, 0.1) is 5.82 Å². The first-order valence-corrected chi connectivity index (χ1v) is 7.48. The molecular formula is C15H21ClFNO2. The fourth-order valence-corrected chi connectivity index (χ4v) is 2.58. The van der Waals surface area contributed by atoms with Crippen molar-refractivity contribution in [3.05, 3.63) is 34.6 Å². The molecule has 3 nitrogen and oxygen atoms in total. The van der Waals surface area contributed by atoms with Crippen molar-refractivity contribution in [3.63, 3.8) is 0 Å². The predicted octanol–water partition coefficient (Wildman–Crippen LogP) is 3.15. The number of hydrogen-bond acceptors (Lipinski definition) is 3. The lowest BCUT2D eigenvalue weighted by Gasteiger charge is -2.22. The normalized spacial score (nSPS) is 17.6. The summed E-state index contributed by atoms with van der Waals surface area (Å²) in [4.78, 5) is 0. The Kier molecular flexibility index (Phi) is 6.23. The number of benzene rings is 1. The van der Waals surface area contributed by atoms with Gasteiger partial charge in [0.05, 0.1) is 13.2 Å². The van der Waals surface area contributed by atoms with Crippen molar-refractivity contribution in [2.24, 2.45) is 0 Å². The molecule has 0 radical (unpaired) electrons. The maximum Gasteiger partial charge on any atom is 0.159 e. The van der Waals surface area contributed by atoms with Crippen molar-refractivity contribution in [1.29, 1.82) is 0 Å². The zero-order valence-corrected chi connectivity index (χ0v) is 12.5. The van der Waals surface area contributed by atoms with Gasteiger partial charge in [-0.2, -0.15) is 0 Å². The van der Waals surface area contributed by atoms with Crippen LogP contribution in [-0.4, -0.2) is 32.1 Å². The van der Waals surface area contributed by atoms with Crippen LogP contribution in [-0.2, 0) is 15.9 Å². The monoisotopic (exact) mass is 301 g/mol. The molecular weight excluding hydrogens is 281 g/mol. The fourth-order valence-electron chi connectivity index (χ4n) is 2.34. The molecule has 1 unspecified atom stereocenters. The summed E-state index contributed by atoms with van der Waals surface area (Å²) >= 11 is 6.09. The van der Waals surface area contributed by atoms with Gasteiger partial charge in [-0.25, -0.2) is 4.39 Å². The first-order chi connectivity index (χ1) is 9.70. The van der Waals surface area contributed by atoms with Gasteiger partial charge >= 0.3 is 0 Å². The highest BCUT2D eigenvalue weighted by atomic mass is 35.5. The third-order valence-corrected chi connectivity index (χ3v) is 3.72. The molecule has 0 bridgehead atoms. The van der Waals surface area contributed by atoms with E-state index in [9.17, 15) is 4.39 Å². The molecule has 1 N–H and O–H groups in total. The Balaban J connectivity index is 2.01. The van der Waals surface area contributed by atoms with Gasteiger partial charge < -0.3 is 14.8 Å². The van der Waals surface area contributed by atoms with Crippen LogP contribution in [0.2, 0.25) is 5.02 Å². The molecule has 1 atom stereocenters. The molecule has 0 amide bonds. The quantitative estimate of drug-likeness (QED) is 0.839. The second-order valence-corrected chi connectivity index (χ2v) is 5.37. The lowest BCUT2D eigenvalue weighted by Crippen LogP contribution is -2.35. The Bertz CT molecular complexity index is 404. The standard InChI is InChI=1S/C15H21ClFNO2/c1-2-6-18-11(10-15-19-7-8-20-15)9-12-13(16)4-3-5-14(12)17/h3-5,11,15,18H,2,6-10H2,1H3. The second kappa shape index (κ2) is 7.93. The molecule has 20 heavy (non-hydrogen) atoms. The molecule has 0 aliphatic carbocycles. The molecule has 1 aliphatic rings. The van der Waals surface area contributed by atoms with Gasteiger partial charge in [0.2, 0.25) is 0 Å². The van der Waals surface area contributed by atoms with Gasteiger partial charge in [-0.15, -0.1) is 0 Å².